The summed E-state index contributed by atoms with van der Waals surface area (Å²) in [6.45, 7) is 0. The third-order valence-corrected chi connectivity index (χ3v) is 2.99. The van der Waals surface area contributed by atoms with Gasteiger partial charge < -0.3 is 9.84 Å². The molecule has 14 heavy (non-hydrogen) atoms. The highest BCUT2D eigenvalue weighted by Crippen LogP contribution is 2.34. The summed E-state index contributed by atoms with van der Waals surface area (Å²) in [7, 11) is 1.67. The fourth-order valence-corrected chi connectivity index (χ4v) is 2.14. The van der Waals surface area contributed by atoms with Gasteiger partial charge in [0, 0.05) is 0 Å². The zero-order valence-electron chi connectivity index (χ0n) is 8.44. The van der Waals surface area contributed by atoms with E-state index in [1.807, 2.05) is 12.1 Å². The van der Waals surface area contributed by atoms with Crippen molar-refractivity contribution in [1.29, 1.82) is 0 Å². The van der Waals surface area contributed by atoms with E-state index in [9.17, 15) is 5.11 Å². The van der Waals surface area contributed by atoms with Crippen molar-refractivity contribution >= 4 is 0 Å². The molecule has 0 radical (unpaired) electrons. The monoisotopic (exact) mass is 192 g/mol. The minimum Gasteiger partial charge on any atom is -0.497 e. The second-order valence-corrected chi connectivity index (χ2v) is 3.94. The summed E-state index contributed by atoms with van der Waals surface area (Å²) in [5.41, 5.74) is 1.32. The molecule has 1 saturated carbocycles. The summed E-state index contributed by atoms with van der Waals surface area (Å²) >= 11 is 0. The molecule has 0 unspecified atom stereocenters. The van der Waals surface area contributed by atoms with Gasteiger partial charge in [-0.2, -0.15) is 0 Å². The van der Waals surface area contributed by atoms with Gasteiger partial charge in [-0.15, -0.1) is 0 Å². The molecule has 0 aromatic heterocycles. The van der Waals surface area contributed by atoms with Crippen LogP contribution in [-0.2, 0) is 0 Å². The molecule has 2 rings (SSSR count). The van der Waals surface area contributed by atoms with Crippen molar-refractivity contribution in [1.82, 2.24) is 0 Å². The first kappa shape index (κ1) is 9.53. The van der Waals surface area contributed by atoms with Crippen LogP contribution < -0.4 is 4.74 Å². The number of aliphatic hydroxyl groups excluding tert-OH is 1. The summed E-state index contributed by atoms with van der Waals surface area (Å²) < 4.78 is 5.10. The Bertz CT molecular complexity index is 292. The van der Waals surface area contributed by atoms with Crippen LogP contribution in [0.5, 0.6) is 5.75 Å². The van der Waals surface area contributed by atoms with Crippen molar-refractivity contribution in [2.45, 2.75) is 31.3 Å². The molecule has 0 heterocycles. The molecule has 0 bridgehead atoms. The van der Waals surface area contributed by atoms with Crippen LogP contribution in [0.1, 0.15) is 30.7 Å². The van der Waals surface area contributed by atoms with E-state index in [1.165, 1.54) is 5.56 Å². The van der Waals surface area contributed by atoms with E-state index in [0.717, 1.165) is 25.0 Å². The summed E-state index contributed by atoms with van der Waals surface area (Å²) in [5, 5.41) is 9.44. The topological polar surface area (TPSA) is 29.5 Å². The van der Waals surface area contributed by atoms with Crippen LogP contribution in [0.25, 0.3) is 0 Å². The normalized spacial score (nSPS) is 26.4. The van der Waals surface area contributed by atoms with Crippen LogP contribution in [0.3, 0.4) is 0 Å². The predicted molar refractivity (Wildman–Crippen MR) is 55.6 cm³/mol. The fraction of sp³-hybridized carbons (Fsp3) is 0.500. The van der Waals surface area contributed by atoms with Gasteiger partial charge in [0.25, 0.3) is 0 Å². The van der Waals surface area contributed by atoms with Crippen LogP contribution in [0.15, 0.2) is 24.3 Å². The van der Waals surface area contributed by atoms with E-state index >= 15 is 0 Å². The average Bonchev–Trinajstić information content (AvgIpc) is 2.65. The van der Waals surface area contributed by atoms with Gasteiger partial charge in [0.15, 0.2) is 0 Å². The first-order valence-electron chi connectivity index (χ1n) is 5.11. The second-order valence-electron chi connectivity index (χ2n) is 3.94. The lowest BCUT2D eigenvalue weighted by Crippen LogP contribution is -1.99. The molecule has 0 spiro atoms. The quantitative estimate of drug-likeness (QED) is 0.779. The van der Waals surface area contributed by atoms with Crippen molar-refractivity contribution in [2.75, 3.05) is 7.11 Å². The largest absolute Gasteiger partial charge is 0.497 e. The molecule has 0 amide bonds. The lowest BCUT2D eigenvalue weighted by molar-refractivity contribution is 0.181. The van der Waals surface area contributed by atoms with Crippen LogP contribution >= 0.6 is 0 Å². The average molecular weight is 192 g/mol. The zero-order chi connectivity index (χ0) is 9.97. The van der Waals surface area contributed by atoms with Crippen molar-refractivity contribution in [2.24, 2.45) is 0 Å². The predicted octanol–water partition coefficient (Wildman–Crippen LogP) is 2.32. The lowest BCUT2D eigenvalue weighted by Gasteiger charge is -2.10. The van der Waals surface area contributed by atoms with Crippen molar-refractivity contribution in [3.05, 3.63) is 29.8 Å². The van der Waals surface area contributed by atoms with Gasteiger partial charge in [0.05, 0.1) is 13.2 Å². The number of methoxy groups -OCH3 is 1. The first-order chi connectivity index (χ1) is 6.79. The summed E-state index contributed by atoms with van der Waals surface area (Å²) in [5.74, 6) is 1.43. The number of hydrogen-bond donors (Lipinski definition) is 1. The van der Waals surface area contributed by atoms with Gasteiger partial charge in [0.1, 0.15) is 5.75 Å². The summed E-state index contributed by atoms with van der Waals surface area (Å²) in [6, 6.07) is 8.17. The molecule has 2 heteroatoms. The minimum atomic E-state index is -0.0953. The van der Waals surface area contributed by atoms with E-state index < -0.39 is 0 Å². The maximum absolute atomic E-state index is 9.44. The molecule has 1 N–H and O–H groups in total. The molecule has 0 aliphatic heterocycles. The highest BCUT2D eigenvalue weighted by molar-refractivity contribution is 5.29. The molecule has 2 nitrogen and oxygen atoms in total. The maximum atomic E-state index is 9.44. The van der Waals surface area contributed by atoms with E-state index in [2.05, 4.69) is 12.1 Å². The number of ether oxygens (including phenoxy) is 1. The number of aliphatic hydroxyl groups is 1. The third-order valence-electron chi connectivity index (χ3n) is 2.99. The molecule has 1 aromatic carbocycles. The first-order valence-corrected chi connectivity index (χ1v) is 5.11. The van der Waals surface area contributed by atoms with Crippen molar-refractivity contribution in [3.8, 4) is 5.75 Å². The second kappa shape index (κ2) is 4.01. The SMILES string of the molecule is COc1ccc([C@@H]2CC[C@H](O)C2)cc1. The molecule has 1 aromatic rings. The number of rotatable bonds is 2. The maximum Gasteiger partial charge on any atom is 0.118 e. The Morgan fingerprint density at radius 1 is 1.21 bits per heavy atom. The lowest BCUT2D eigenvalue weighted by atomic mass is 9.98. The number of hydrogen-bond acceptors (Lipinski definition) is 2. The fourth-order valence-electron chi connectivity index (χ4n) is 2.14. The molecule has 1 fully saturated rings. The Morgan fingerprint density at radius 2 is 1.93 bits per heavy atom. The molecule has 0 saturated heterocycles. The van der Waals surface area contributed by atoms with E-state index in [-0.39, 0.29) is 6.10 Å². The molecule has 76 valence electrons. The smallest absolute Gasteiger partial charge is 0.118 e. The Balaban J connectivity index is 2.09. The Morgan fingerprint density at radius 3 is 2.43 bits per heavy atom. The van der Waals surface area contributed by atoms with E-state index in [1.54, 1.807) is 7.11 Å². The summed E-state index contributed by atoms with van der Waals surface area (Å²) in [4.78, 5) is 0. The minimum absolute atomic E-state index is 0.0953. The van der Waals surface area contributed by atoms with Crippen molar-refractivity contribution < 1.29 is 9.84 Å². The van der Waals surface area contributed by atoms with Crippen LogP contribution in [-0.4, -0.2) is 18.3 Å². The van der Waals surface area contributed by atoms with Crippen LogP contribution in [0.2, 0.25) is 0 Å². The standard InChI is InChI=1S/C12H16O2/c1-14-12-6-3-9(4-7-12)10-2-5-11(13)8-10/h3-4,6-7,10-11,13H,2,5,8H2,1H3/t10-,11+/m1/s1. The van der Waals surface area contributed by atoms with Crippen LogP contribution in [0.4, 0.5) is 0 Å². The highest BCUT2D eigenvalue weighted by atomic mass is 16.5. The van der Waals surface area contributed by atoms with Crippen LogP contribution in [0, 0.1) is 0 Å². The van der Waals surface area contributed by atoms with Gasteiger partial charge >= 0.3 is 0 Å². The zero-order valence-corrected chi connectivity index (χ0v) is 8.44. The van der Waals surface area contributed by atoms with Gasteiger partial charge in [0.2, 0.25) is 0 Å². The Labute approximate surface area is 84.5 Å². The molecular formula is C12H16O2. The molecular weight excluding hydrogens is 176 g/mol. The Hall–Kier alpha value is -1.02. The van der Waals surface area contributed by atoms with E-state index in [4.69, 9.17) is 4.74 Å². The number of benzene rings is 1. The van der Waals surface area contributed by atoms with Gasteiger partial charge in [-0.3, -0.25) is 0 Å². The van der Waals surface area contributed by atoms with Gasteiger partial charge in [-0.25, -0.2) is 0 Å². The molecule has 2 atom stereocenters. The van der Waals surface area contributed by atoms with Gasteiger partial charge in [-0.1, -0.05) is 12.1 Å². The molecule has 1 aliphatic rings. The molecule has 1 aliphatic carbocycles. The summed E-state index contributed by atoms with van der Waals surface area (Å²) in [6.07, 6.45) is 2.86. The van der Waals surface area contributed by atoms with Crippen molar-refractivity contribution in [3.63, 3.8) is 0 Å². The van der Waals surface area contributed by atoms with E-state index in [0.29, 0.717) is 5.92 Å². The Kier molecular flexibility index (Phi) is 2.73. The highest BCUT2D eigenvalue weighted by Gasteiger charge is 2.23. The third kappa shape index (κ3) is 1.90. The van der Waals surface area contributed by atoms with Gasteiger partial charge in [-0.05, 0) is 42.9 Å².